The van der Waals surface area contributed by atoms with Gasteiger partial charge < -0.3 is 9.64 Å². The molecule has 2 aliphatic heterocycles. The molecule has 0 radical (unpaired) electrons. The summed E-state index contributed by atoms with van der Waals surface area (Å²) in [6.07, 6.45) is 5.80. The standard InChI is InChI=1S/C18H20N4O2/c23-18(17-11-19-6-7-20-17)22-9-8-21-13-16(10-14(21)12-22)24-15-4-2-1-3-5-15/h1-7,11,14,16H,8-10,12-13H2/t14-,16+/m0/s1. The highest BCUT2D eigenvalue weighted by Gasteiger charge is 2.38. The van der Waals surface area contributed by atoms with Gasteiger partial charge in [0.25, 0.3) is 5.91 Å². The average molecular weight is 324 g/mol. The van der Waals surface area contributed by atoms with Crippen LogP contribution in [-0.4, -0.2) is 64.0 Å². The topological polar surface area (TPSA) is 58.6 Å². The van der Waals surface area contributed by atoms with Crippen LogP contribution in [0.1, 0.15) is 16.9 Å². The molecule has 2 aromatic rings. The molecule has 0 saturated carbocycles. The number of fused-ring (bicyclic) bond motifs is 1. The Morgan fingerprint density at radius 1 is 1.12 bits per heavy atom. The molecule has 6 nitrogen and oxygen atoms in total. The molecule has 0 bridgehead atoms. The van der Waals surface area contributed by atoms with Crippen LogP contribution in [0.5, 0.6) is 5.75 Å². The number of carbonyl (C=O) groups excluding carboxylic acids is 1. The molecule has 1 aromatic heterocycles. The molecule has 1 aromatic carbocycles. The van der Waals surface area contributed by atoms with Gasteiger partial charge in [0.1, 0.15) is 17.5 Å². The quantitative estimate of drug-likeness (QED) is 0.855. The van der Waals surface area contributed by atoms with Crippen LogP contribution in [0.3, 0.4) is 0 Å². The van der Waals surface area contributed by atoms with Crippen LogP contribution in [0.15, 0.2) is 48.9 Å². The van der Waals surface area contributed by atoms with Crippen molar-refractivity contribution in [2.45, 2.75) is 18.6 Å². The van der Waals surface area contributed by atoms with Gasteiger partial charge in [-0.3, -0.25) is 14.7 Å². The number of ether oxygens (including phenoxy) is 1. The fraction of sp³-hybridized carbons (Fsp3) is 0.389. The molecule has 0 spiro atoms. The third-order valence-corrected chi connectivity index (χ3v) is 4.69. The summed E-state index contributed by atoms with van der Waals surface area (Å²) in [5.41, 5.74) is 0.418. The maximum Gasteiger partial charge on any atom is 0.274 e. The van der Waals surface area contributed by atoms with Crippen molar-refractivity contribution in [2.24, 2.45) is 0 Å². The van der Waals surface area contributed by atoms with Crippen LogP contribution in [0.4, 0.5) is 0 Å². The minimum absolute atomic E-state index is 0.0322. The molecule has 4 rings (SSSR count). The van der Waals surface area contributed by atoms with Crippen molar-refractivity contribution < 1.29 is 9.53 Å². The Morgan fingerprint density at radius 3 is 2.79 bits per heavy atom. The summed E-state index contributed by atoms with van der Waals surface area (Å²) in [7, 11) is 0. The highest BCUT2D eigenvalue weighted by atomic mass is 16.5. The third-order valence-electron chi connectivity index (χ3n) is 4.69. The zero-order valence-electron chi connectivity index (χ0n) is 13.4. The SMILES string of the molecule is O=C(c1cnccn1)N1CCN2C[C@H](Oc3ccccc3)C[C@H]2C1. The number of hydrogen-bond donors (Lipinski definition) is 0. The molecule has 0 unspecified atom stereocenters. The molecule has 2 atom stereocenters. The lowest BCUT2D eigenvalue weighted by Crippen LogP contribution is -2.52. The molecule has 0 aliphatic carbocycles. The molecule has 24 heavy (non-hydrogen) atoms. The normalized spacial score (nSPS) is 23.8. The van der Waals surface area contributed by atoms with Crippen LogP contribution < -0.4 is 4.74 Å². The monoisotopic (exact) mass is 324 g/mol. The second-order valence-electron chi connectivity index (χ2n) is 6.28. The van der Waals surface area contributed by atoms with E-state index in [-0.39, 0.29) is 12.0 Å². The second-order valence-corrected chi connectivity index (χ2v) is 6.28. The van der Waals surface area contributed by atoms with Crippen LogP contribution in [0.2, 0.25) is 0 Å². The first-order chi connectivity index (χ1) is 11.8. The number of nitrogens with zero attached hydrogens (tertiary/aromatic N) is 4. The lowest BCUT2D eigenvalue weighted by atomic mass is 10.1. The molecule has 2 saturated heterocycles. The van der Waals surface area contributed by atoms with Crippen molar-refractivity contribution in [3.63, 3.8) is 0 Å². The molecule has 1 amide bonds. The Balaban J connectivity index is 1.38. The molecule has 2 fully saturated rings. The number of amides is 1. The summed E-state index contributed by atoms with van der Waals surface area (Å²) < 4.78 is 6.08. The van der Waals surface area contributed by atoms with Crippen LogP contribution in [-0.2, 0) is 0 Å². The van der Waals surface area contributed by atoms with Crippen molar-refractivity contribution in [3.05, 3.63) is 54.6 Å². The summed E-state index contributed by atoms with van der Waals surface area (Å²) in [5, 5.41) is 0. The van der Waals surface area contributed by atoms with Gasteiger partial charge in [0, 0.05) is 51.0 Å². The van der Waals surface area contributed by atoms with E-state index in [1.807, 2.05) is 35.2 Å². The van der Waals surface area contributed by atoms with E-state index < -0.39 is 0 Å². The molecule has 2 aliphatic rings. The zero-order valence-corrected chi connectivity index (χ0v) is 13.4. The maximum absolute atomic E-state index is 12.5. The smallest absolute Gasteiger partial charge is 0.274 e. The third kappa shape index (κ3) is 3.10. The minimum atomic E-state index is -0.0322. The first kappa shape index (κ1) is 15.1. The molecule has 124 valence electrons. The van der Waals surface area contributed by atoms with Crippen LogP contribution in [0.25, 0.3) is 0 Å². The summed E-state index contributed by atoms with van der Waals surface area (Å²) in [5.74, 6) is 0.880. The highest BCUT2D eigenvalue weighted by Crippen LogP contribution is 2.26. The Bertz CT molecular complexity index is 695. The van der Waals surface area contributed by atoms with Crippen molar-refractivity contribution in [1.82, 2.24) is 19.8 Å². The number of aromatic nitrogens is 2. The molecular formula is C18H20N4O2. The Labute approximate surface area is 141 Å². The van der Waals surface area contributed by atoms with E-state index in [2.05, 4.69) is 14.9 Å². The molecule has 3 heterocycles. The van der Waals surface area contributed by atoms with E-state index in [0.717, 1.165) is 38.3 Å². The van der Waals surface area contributed by atoms with Gasteiger partial charge in [-0.2, -0.15) is 0 Å². The number of hydrogen-bond acceptors (Lipinski definition) is 5. The van der Waals surface area contributed by atoms with Crippen molar-refractivity contribution in [3.8, 4) is 5.75 Å². The predicted molar refractivity (Wildman–Crippen MR) is 88.8 cm³/mol. The van der Waals surface area contributed by atoms with E-state index in [4.69, 9.17) is 4.74 Å². The van der Waals surface area contributed by atoms with Crippen molar-refractivity contribution in [2.75, 3.05) is 26.2 Å². The summed E-state index contributed by atoms with van der Waals surface area (Å²) in [4.78, 5) is 24.9. The Kier molecular flexibility index (Phi) is 4.13. The number of rotatable bonds is 3. The number of para-hydroxylation sites is 1. The predicted octanol–water partition coefficient (Wildman–Crippen LogP) is 1.45. The largest absolute Gasteiger partial charge is 0.489 e. The number of benzene rings is 1. The molecule has 6 heteroatoms. The fourth-order valence-electron chi connectivity index (χ4n) is 3.53. The van der Waals surface area contributed by atoms with Gasteiger partial charge in [-0.25, -0.2) is 4.98 Å². The van der Waals surface area contributed by atoms with Gasteiger partial charge in [0.15, 0.2) is 0 Å². The van der Waals surface area contributed by atoms with Crippen molar-refractivity contribution >= 4 is 5.91 Å². The molecule has 0 N–H and O–H groups in total. The van der Waals surface area contributed by atoms with Crippen molar-refractivity contribution in [1.29, 1.82) is 0 Å². The van der Waals surface area contributed by atoms with Gasteiger partial charge in [0.2, 0.25) is 0 Å². The first-order valence-corrected chi connectivity index (χ1v) is 8.30. The fourth-order valence-corrected chi connectivity index (χ4v) is 3.53. The first-order valence-electron chi connectivity index (χ1n) is 8.30. The number of carbonyl (C=O) groups is 1. The lowest BCUT2D eigenvalue weighted by molar-refractivity contribution is 0.0564. The number of piperazine rings is 1. The minimum Gasteiger partial charge on any atom is -0.489 e. The summed E-state index contributed by atoms with van der Waals surface area (Å²) in [6, 6.07) is 10.3. The Morgan fingerprint density at radius 2 is 2.00 bits per heavy atom. The van der Waals surface area contributed by atoms with Gasteiger partial charge in [-0.15, -0.1) is 0 Å². The van der Waals surface area contributed by atoms with E-state index in [9.17, 15) is 4.79 Å². The lowest BCUT2D eigenvalue weighted by Gasteiger charge is -2.36. The van der Waals surface area contributed by atoms with Gasteiger partial charge in [0.05, 0.1) is 6.20 Å². The highest BCUT2D eigenvalue weighted by molar-refractivity contribution is 5.92. The van der Waals surface area contributed by atoms with Crippen LogP contribution >= 0.6 is 0 Å². The van der Waals surface area contributed by atoms with Gasteiger partial charge in [-0.1, -0.05) is 18.2 Å². The average Bonchev–Trinajstić information content (AvgIpc) is 3.04. The molecular weight excluding hydrogens is 304 g/mol. The van der Waals surface area contributed by atoms with Gasteiger partial charge in [-0.05, 0) is 12.1 Å². The van der Waals surface area contributed by atoms with E-state index >= 15 is 0 Å². The van der Waals surface area contributed by atoms with E-state index in [1.165, 1.54) is 6.20 Å². The van der Waals surface area contributed by atoms with Gasteiger partial charge >= 0.3 is 0 Å². The zero-order chi connectivity index (χ0) is 16.4. The Hall–Kier alpha value is -2.47. The maximum atomic E-state index is 12.5. The summed E-state index contributed by atoms with van der Waals surface area (Å²) in [6.45, 7) is 3.26. The van der Waals surface area contributed by atoms with Crippen LogP contribution in [0, 0.1) is 0 Å². The van der Waals surface area contributed by atoms with E-state index in [0.29, 0.717) is 11.7 Å². The second kappa shape index (κ2) is 6.57. The summed E-state index contributed by atoms with van der Waals surface area (Å²) >= 11 is 0. The van der Waals surface area contributed by atoms with E-state index in [1.54, 1.807) is 12.4 Å².